The number of rotatable bonds is 11. The molecule has 2 aliphatic rings. The molecular formula is C35H45N3O2. The molecule has 5 nitrogen and oxygen atoms in total. The summed E-state index contributed by atoms with van der Waals surface area (Å²) >= 11 is 0. The molecule has 3 aromatic carbocycles. The maximum Gasteiger partial charge on any atom is 0.251 e. The molecule has 2 aliphatic heterocycles. The molecule has 5 heteroatoms. The molecule has 212 valence electrons. The minimum Gasteiger partial charge on any atom is -0.490 e. The molecule has 0 saturated carbocycles. The maximum absolute atomic E-state index is 12.8. The highest BCUT2D eigenvalue weighted by Gasteiger charge is 2.24. The quantitative estimate of drug-likeness (QED) is 0.294. The number of carbonyl (C=O) groups is 1. The van der Waals surface area contributed by atoms with Gasteiger partial charge in [-0.3, -0.25) is 4.79 Å². The summed E-state index contributed by atoms with van der Waals surface area (Å²) in [7, 11) is 0. The van der Waals surface area contributed by atoms with Crippen LogP contribution in [0.15, 0.2) is 84.9 Å². The van der Waals surface area contributed by atoms with Crippen molar-refractivity contribution in [2.75, 3.05) is 45.8 Å². The Morgan fingerprint density at radius 1 is 0.875 bits per heavy atom. The number of hydrogen-bond donors (Lipinski definition) is 1. The predicted octanol–water partition coefficient (Wildman–Crippen LogP) is 6.21. The maximum atomic E-state index is 12.8. The van der Waals surface area contributed by atoms with Gasteiger partial charge >= 0.3 is 0 Å². The molecule has 2 heterocycles. The van der Waals surface area contributed by atoms with E-state index in [2.05, 4.69) is 82.7 Å². The standard InChI is InChI=1S/C35H45N3O2/c1-28-11-9-21-37(26-28)22-10-20-36-35(39)31-16-8-17-33(25-31)40-32-18-23-38(24-19-32)27-34(29-12-4-2-5-13-29)30-14-6-3-7-15-30/h2-8,12-17,25,28,32,34H,9-11,18-24,26-27H2,1H3,(H,36,39). The number of carbonyl (C=O) groups excluding carboxylic acids is 1. The topological polar surface area (TPSA) is 44.8 Å². The summed E-state index contributed by atoms with van der Waals surface area (Å²) < 4.78 is 6.37. The number of piperidine rings is 2. The van der Waals surface area contributed by atoms with E-state index >= 15 is 0 Å². The molecule has 2 saturated heterocycles. The van der Waals surface area contributed by atoms with Gasteiger partial charge in [-0.05, 0) is 80.4 Å². The van der Waals surface area contributed by atoms with Crippen molar-refractivity contribution in [3.63, 3.8) is 0 Å². The summed E-state index contributed by atoms with van der Waals surface area (Å²) in [5.41, 5.74) is 3.40. The molecule has 0 spiro atoms. The average molecular weight is 540 g/mol. The fourth-order valence-corrected chi connectivity index (χ4v) is 6.24. The molecule has 3 aromatic rings. The van der Waals surface area contributed by atoms with Crippen LogP contribution in [-0.2, 0) is 0 Å². The number of hydrogen-bond acceptors (Lipinski definition) is 4. The zero-order valence-corrected chi connectivity index (χ0v) is 24.0. The van der Waals surface area contributed by atoms with Gasteiger partial charge in [-0.1, -0.05) is 73.7 Å². The van der Waals surface area contributed by atoms with E-state index < -0.39 is 0 Å². The number of likely N-dealkylation sites (tertiary alicyclic amines) is 2. The second kappa shape index (κ2) is 14.5. The zero-order valence-electron chi connectivity index (χ0n) is 24.0. The van der Waals surface area contributed by atoms with Crippen LogP contribution in [0.4, 0.5) is 0 Å². The Bertz CT molecular complexity index is 1140. The summed E-state index contributed by atoms with van der Waals surface area (Å²) in [6.07, 6.45) is 5.77. The number of nitrogens with one attached hydrogen (secondary N) is 1. The van der Waals surface area contributed by atoms with E-state index in [1.165, 1.54) is 37.1 Å². The minimum atomic E-state index is -0.0138. The van der Waals surface area contributed by atoms with Crippen molar-refractivity contribution < 1.29 is 9.53 Å². The van der Waals surface area contributed by atoms with Gasteiger partial charge in [0.15, 0.2) is 0 Å². The van der Waals surface area contributed by atoms with Crippen molar-refractivity contribution in [3.05, 3.63) is 102 Å². The minimum absolute atomic E-state index is 0.0138. The lowest BCUT2D eigenvalue weighted by Gasteiger charge is -2.34. The summed E-state index contributed by atoms with van der Waals surface area (Å²) in [6.45, 7) is 9.51. The van der Waals surface area contributed by atoms with Crippen molar-refractivity contribution in [1.29, 1.82) is 0 Å². The molecule has 0 aliphatic carbocycles. The van der Waals surface area contributed by atoms with E-state index in [0.29, 0.717) is 18.0 Å². The highest BCUT2D eigenvalue weighted by atomic mass is 16.5. The van der Waals surface area contributed by atoms with Crippen molar-refractivity contribution in [2.45, 2.75) is 51.0 Å². The van der Waals surface area contributed by atoms with Gasteiger partial charge in [-0.25, -0.2) is 0 Å². The Morgan fingerprint density at radius 2 is 1.57 bits per heavy atom. The van der Waals surface area contributed by atoms with Crippen LogP contribution in [0.3, 0.4) is 0 Å². The first-order valence-electron chi connectivity index (χ1n) is 15.2. The van der Waals surface area contributed by atoms with Crippen molar-refractivity contribution in [1.82, 2.24) is 15.1 Å². The van der Waals surface area contributed by atoms with Crippen LogP contribution in [0, 0.1) is 5.92 Å². The number of ether oxygens (including phenoxy) is 1. The monoisotopic (exact) mass is 539 g/mol. The van der Waals surface area contributed by atoms with E-state index in [9.17, 15) is 4.79 Å². The summed E-state index contributed by atoms with van der Waals surface area (Å²) in [4.78, 5) is 17.9. The molecule has 1 atom stereocenters. The molecular weight excluding hydrogens is 494 g/mol. The van der Waals surface area contributed by atoms with Crippen LogP contribution in [0.2, 0.25) is 0 Å². The van der Waals surface area contributed by atoms with Crippen LogP contribution in [0.1, 0.15) is 66.4 Å². The van der Waals surface area contributed by atoms with Gasteiger partial charge < -0.3 is 19.9 Å². The molecule has 0 bridgehead atoms. The molecule has 1 N–H and O–H groups in total. The average Bonchev–Trinajstić information content (AvgIpc) is 3.00. The smallest absolute Gasteiger partial charge is 0.251 e. The highest BCUT2D eigenvalue weighted by molar-refractivity contribution is 5.94. The second-order valence-electron chi connectivity index (χ2n) is 11.7. The molecule has 0 aromatic heterocycles. The Kier molecular flexibility index (Phi) is 10.3. The van der Waals surface area contributed by atoms with Crippen LogP contribution in [0.25, 0.3) is 0 Å². The lowest BCUT2D eigenvalue weighted by atomic mass is 9.90. The van der Waals surface area contributed by atoms with Crippen LogP contribution in [0.5, 0.6) is 5.75 Å². The third-order valence-electron chi connectivity index (χ3n) is 8.46. The van der Waals surface area contributed by atoms with Gasteiger partial charge in [-0.2, -0.15) is 0 Å². The molecule has 2 fully saturated rings. The molecule has 1 amide bonds. The fraction of sp³-hybridized carbons (Fsp3) is 0.457. The van der Waals surface area contributed by atoms with E-state index in [0.717, 1.165) is 57.1 Å². The van der Waals surface area contributed by atoms with Crippen molar-refractivity contribution >= 4 is 5.91 Å². The van der Waals surface area contributed by atoms with Gasteiger partial charge in [0, 0.05) is 44.2 Å². The third-order valence-corrected chi connectivity index (χ3v) is 8.46. The van der Waals surface area contributed by atoms with E-state index in [4.69, 9.17) is 4.74 Å². The molecule has 5 rings (SSSR count). The first kappa shape index (κ1) is 28.4. The highest BCUT2D eigenvalue weighted by Crippen LogP contribution is 2.28. The largest absolute Gasteiger partial charge is 0.490 e. The second-order valence-corrected chi connectivity index (χ2v) is 11.7. The number of amides is 1. The third kappa shape index (κ3) is 8.18. The lowest BCUT2D eigenvalue weighted by molar-refractivity contribution is 0.0939. The number of benzene rings is 3. The van der Waals surface area contributed by atoms with E-state index in [1.807, 2.05) is 24.3 Å². The predicted molar refractivity (Wildman–Crippen MR) is 163 cm³/mol. The van der Waals surface area contributed by atoms with Crippen molar-refractivity contribution in [3.8, 4) is 5.75 Å². The molecule has 40 heavy (non-hydrogen) atoms. The van der Waals surface area contributed by atoms with Gasteiger partial charge in [0.2, 0.25) is 0 Å². The Balaban J connectivity index is 1.08. The Morgan fingerprint density at radius 3 is 2.25 bits per heavy atom. The Hall–Kier alpha value is -3.15. The normalized spacial score (nSPS) is 19.0. The summed E-state index contributed by atoms with van der Waals surface area (Å²) in [6, 6.07) is 29.4. The van der Waals surface area contributed by atoms with Crippen LogP contribution < -0.4 is 10.1 Å². The van der Waals surface area contributed by atoms with Gasteiger partial charge in [0.05, 0.1) is 0 Å². The van der Waals surface area contributed by atoms with Crippen LogP contribution in [-0.4, -0.2) is 67.6 Å². The van der Waals surface area contributed by atoms with Gasteiger partial charge in [0.25, 0.3) is 5.91 Å². The first-order chi connectivity index (χ1) is 19.6. The lowest BCUT2D eigenvalue weighted by Crippen LogP contribution is -2.40. The van der Waals surface area contributed by atoms with E-state index in [1.54, 1.807) is 0 Å². The fourth-order valence-electron chi connectivity index (χ4n) is 6.24. The van der Waals surface area contributed by atoms with Gasteiger partial charge in [0.1, 0.15) is 11.9 Å². The Labute approximate surface area is 240 Å². The van der Waals surface area contributed by atoms with Crippen LogP contribution >= 0.6 is 0 Å². The van der Waals surface area contributed by atoms with Crippen molar-refractivity contribution in [2.24, 2.45) is 5.92 Å². The van der Waals surface area contributed by atoms with Gasteiger partial charge in [-0.15, -0.1) is 0 Å². The summed E-state index contributed by atoms with van der Waals surface area (Å²) in [5.74, 6) is 1.93. The molecule has 1 unspecified atom stereocenters. The molecule has 0 radical (unpaired) electrons. The SMILES string of the molecule is CC1CCCN(CCCNC(=O)c2cccc(OC3CCN(CC(c4ccccc4)c4ccccc4)CC3)c2)C1. The first-order valence-corrected chi connectivity index (χ1v) is 15.2. The summed E-state index contributed by atoms with van der Waals surface area (Å²) in [5, 5.41) is 3.10. The van der Waals surface area contributed by atoms with E-state index in [-0.39, 0.29) is 12.0 Å². The number of nitrogens with zero attached hydrogens (tertiary/aromatic N) is 2. The zero-order chi connectivity index (χ0) is 27.6.